The Morgan fingerprint density at radius 1 is 0.630 bits per heavy atom. The minimum Gasteiger partial charge on any atom is -0.458 e. The van der Waals surface area contributed by atoms with E-state index in [4.69, 9.17) is 9.47 Å². The van der Waals surface area contributed by atoms with Gasteiger partial charge in [-0.05, 0) is 105 Å². The van der Waals surface area contributed by atoms with Crippen molar-refractivity contribution < 1.29 is 9.47 Å². The highest BCUT2D eigenvalue weighted by atomic mass is 28.3. The van der Waals surface area contributed by atoms with Gasteiger partial charge in [0, 0.05) is 28.6 Å². The molecule has 0 saturated heterocycles. The molecule has 5 aromatic rings. The van der Waals surface area contributed by atoms with E-state index < -0.39 is 8.07 Å². The van der Waals surface area contributed by atoms with E-state index in [-0.39, 0.29) is 17.5 Å². The van der Waals surface area contributed by atoms with Crippen molar-refractivity contribution in [3.63, 3.8) is 0 Å². The third kappa shape index (κ3) is 3.78. The fourth-order valence-electron chi connectivity index (χ4n) is 8.76. The number of para-hydroxylation sites is 2. The van der Waals surface area contributed by atoms with Gasteiger partial charge in [-0.1, -0.05) is 89.3 Å². The lowest BCUT2D eigenvalue weighted by Gasteiger charge is -2.43. The number of benzene rings is 5. The molecular formula is C41H40BNO2Si. The van der Waals surface area contributed by atoms with E-state index in [2.05, 4.69) is 144 Å². The number of fused-ring (bicyclic) bond motifs is 7. The van der Waals surface area contributed by atoms with Crippen LogP contribution in [0.25, 0.3) is 0 Å². The first kappa shape index (κ1) is 28.0. The van der Waals surface area contributed by atoms with Crippen LogP contribution in [-0.4, -0.2) is 14.8 Å². The lowest BCUT2D eigenvalue weighted by Crippen LogP contribution is -2.58. The average Bonchev–Trinajstić information content (AvgIpc) is 3.02. The number of anilines is 3. The first-order valence-corrected chi connectivity index (χ1v) is 19.8. The molecule has 0 atom stereocenters. The van der Waals surface area contributed by atoms with Crippen LogP contribution in [-0.2, 0) is 10.8 Å². The summed E-state index contributed by atoms with van der Waals surface area (Å²) in [6.07, 6.45) is 2.36. The maximum atomic E-state index is 6.86. The molecule has 3 heterocycles. The molecule has 0 saturated carbocycles. The molecule has 0 fully saturated rings. The van der Waals surface area contributed by atoms with Crippen LogP contribution in [0.3, 0.4) is 0 Å². The SMILES string of the molecule is Cc1cc2c3c(c1)Oc1cc4c(cc1B3c1ccc(N3c5ccccc5[Si](C)(C)c5ccccc53)cc1O2)C(C)(C)CCC4(C)C. The van der Waals surface area contributed by atoms with Gasteiger partial charge in [0.1, 0.15) is 31.1 Å². The summed E-state index contributed by atoms with van der Waals surface area (Å²) in [6, 6.07) is 34.1. The van der Waals surface area contributed by atoms with Crippen LogP contribution in [0.15, 0.2) is 91.0 Å². The third-order valence-electron chi connectivity index (χ3n) is 11.5. The lowest BCUT2D eigenvalue weighted by atomic mass is 9.34. The number of aryl methyl sites for hydroxylation is 1. The normalized spacial score (nSPS) is 18.5. The summed E-state index contributed by atoms with van der Waals surface area (Å²) in [4.78, 5) is 2.45. The van der Waals surface area contributed by atoms with Crippen LogP contribution in [0.5, 0.6) is 23.0 Å². The van der Waals surface area contributed by atoms with Crippen molar-refractivity contribution >= 4 is 58.6 Å². The van der Waals surface area contributed by atoms with Crippen LogP contribution < -0.4 is 41.1 Å². The monoisotopic (exact) mass is 617 g/mol. The number of nitrogens with zero attached hydrogens (tertiary/aromatic N) is 1. The summed E-state index contributed by atoms with van der Waals surface area (Å²) in [6.45, 7) is 16.7. The van der Waals surface area contributed by atoms with E-state index in [9.17, 15) is 0 Å². The van der Waals surface area contributed by atoms with Crippen molar-refractivity contribution in [3.05, 3.63) is 108 Å². The zero-order valence-corrected chi connectivity index (χ0v) is 28.9. The van der Waals surface area contributed by atoms with Gasteiger partial charge in [-0.25, -0.2) is 0 Å². The van der Waals surface area contributed by atoms with Crippen LogP contribution >= 0.6 is 0 Å². The van der Waals surface area contributed by atoms with Crippen molar-refractivity contribution in [2.75, 3.05) is 4.90 Å². The van der Waals surface area contributed by atoms with Crippen LogP contribution in [0, 0.1) is 6.92 Å². The Morgan fingerprint density at radius 3 is 1.78 bits per heavy atom. The second-order valence-corrected chi connectivity index (χ2v) is 20.1. The van der Waals surface area contributed by atoms with Gasteiger partial charge in [0.25, 0.3) is 6.71 Å². The van der Waals surface area contributed by atoms with Gasteiger partial charge in [0.05, 0.1) is 0 Å². The van der Waals surface area contributed by atoms with Crippen molar-refractivity contribution in [2.24, 2.45) is 0 Å². The number of ether oxygens (including phenoxy) is 2. The zero-order chi connectivity index (χ0) is 31.7. The Balaban J connectivity index is 1.25. The molecule has 0 N–H and O–H groups in total. The van der Waals surface area contributed by atoms with Gasteiger partial charge in [-0.3, -0.25) is 0 Å². The molecule has 1 aliphatic carbocycles. The number of hydrogen-bond acceptors (Lipinski definition) is 3. The quantitative estimate of drug-likeness (QED) is 0.177. The maximum Gasteiger partial charge on any atom is 0.260 e. The molecule has 0 bridgehead atoms. The van der Waals surface area contributed by atoms with E-state index in [0.717, 1.165) is 39.7 Å². The Bertz CT molecular complexity index is 2080. The van der Waals surface area contributed by atoms with Crippen LogP contribution in [0.4, 0.5) is 17.1 Å². The van der Waals surface area contributed by atoms with Crippen molar-refractivity contribution in [1.29, 1.82) is 0 Å². The van der Waals surface area contributed by atoms with E-state index in [1.807, 2.05) is 0 Å². The fraction of sp³-hybridized carbons (Fsp3) is 0.268. The van der Waals surface area contributed by atoms with E-state index >= 15 is 0 Å². The van der Waals surface area contributed by atoms with E-state index in [1.165, 1.54) is 56.6 Å². The summed E-state index contributed by atoms with van der Waals surface area (Å²) < 4.78 is 13.6. The van der Waals surface area contributed by atoms with Gasteiger partial charge in [-0.2, -0.15) is 0 Å². The molecule has 0 amide bonds. The molecule has 9 rings (SSSR count). The third-order valence-corrected chi connectivity index (χ3v) is 15.0. The largest absolute Gasteiger partial charge is 0.458 e. The van der Waals surface area contributed by atoms with Crippen molar-refractivity contribution in [2.45, 2.75) is 71.4 Å². The summed E-state index contributed by atoms with van der Waals surface area (Å²) in [7, 11) is -1.87. The number of rotatable bonds is 1. The van der Waals surface area contributed by atoms with Gasteiger partial charge in [0.15, 0.2) is 0 Å². The van der Waals surface area contributed by atoms with Crippen molar-refractivity contribution in [1.82, 2.24) is 0 Å². The summed E-state index contributed by atoms with van der Waals surface area (Å²) in [5.41, 5.74) is 11.5. The Labute approximate surface area is 274 Å². The molecule has 5 aromatic carbocycles. The fourth-order valence-corrected chi connectivity index (χ4v) is 11.7. The molecule has 3 aliphatic heterocycles. The Kier molecular flexibility index (Phi) is 5.60. The first-order chi connectivity index (χ1) is 21.9. The Hall–Kier alpha value is -4.22. The maximum absolute atomic E-state index is 6.86. The molecule has 0 spiro atoms. The van der Waals surface area contributed by atoms with E-state index in [1.54, 1.807) is 0 Å². The van der Waals surface area contributed by atoms with Gasteiger partial charge >= 0.3 is 0 Å². The number of hydrogen-bond donors (Lipinski definition) is 0. The smallest absolute Gasteiger partial charge is 0.260 e. The second-order valence-electron chi connectivity index (χ2n) is 15.7. The predicted molar refractivity (Wildman–Crippen MR) is 196 cm³/mol. The molecular weight excluding hydrogens is 577 g/mol. The van der Waals surface area contributed by atoms with Gasteiger partial charge in [0.2, 0.25) is 0 Å². The molecule has 5 heteroatoms. The van der Waals surface area contributed by atoms with Crippen LogP contribution in [0.1, 0.15) is 57.2 Å². The minimum absolute atomic E-state index is 0.0468. The molecule has 0 aromatic heterocycles. The van der Waals surface area contributed by atoms with E-state index in [0.29, 0.717) is 0 Å². The zero-order valence-electron chi connectivity index (χ0n) is 27.9. The Morgan fingerprint density at radius 2 is 1.17 bits per heavy atom. The molecule has 46 heavy (non-hydrogen) atoms. The highest BCUT2D eigenvalue weighted by Crippen LogP contribution is 2.48. The molecule has 228 valence electrons. The van der Waals surface area contributed by atoms with Gasteiger partial charge < -0.3 is 14.4 Å². The van der Waals surface area contributed by atoms with Crippen molar-refractivity contribution in [3.8, 4) is 23.0 Å². The summed E-state index contributed by atoms with van der Waals surface area (Å²) >= 11 is 0. The topological polar surface area (TPSA) is 21.7 Å². The minimum atomic E-state index is -1.87. The second kappa shape index (κ2) is 9.19. The molecule has 3 nitrogen and oxygen atoms in total. The molecule has 4 aliphatic rings. The summed E-state index contributed by atoms with van der Waals surface area (Å²) in [5, 5.41) is 2.93. The highest BCUT2D eigenvalue weighted by molar-refractivity contribution is 7.02. The lowest BCUT2D eigenvalue weighted by molar-refractivity contribution is 0.330. The molecule has 0 unspecified atom stereocenters. The summed E-state index contributed by atoms with van der Waals surface area (Å²) in [5.74, 6) is 3.73. The average molecular weight is 618 g/mol. The van der Waals surface area contributed by atoms with Gasteiger partial charge in [-0.15, -0.1) is 0 Å². The van der Waals surface area contributed by atoms with Crippen LogP contribution in [0.2, 0.25) is 13.1 Å². The standard InChI is InChI=1S/C41H40BNO2Si/c1-25-20-35-39-36(21-25)45-34-24-28-27(40(2,3)18-19-41(28,4)5)23-30(34)42(39)29-17-16-26(22-33(29)44-35)43-31-12-8-10-14-37(31)46(6,7)38-15-11-9-13-32(38)43/h8-17,20-24H,18-19H2,1-7H3. The molecule has 0 radical (unpaired) electrons. The highest BCUT2D eigenvalue weighted by Gasteiger charge is 2.45. The first-order valence-electron chi connectivity index (χ1n) is 16.8. The predicted octanol–water partition coefficient (Wildman–Crippen LogP) is 7.68.